The molecule has 1 aliphatic heterocycles. The number of para-hydroxylation sites is 1. The van der Waals surface area contributed by atoms with Crippen LogP contribution in [-0.4, -0.2) is 6.54 Å². The lowest BCUT2D eigenvalue weighted by atomic mass is 9.82. The fraction of sp³-hybridized carbons (Fsp3) is 0.0571. The molecule has 0 N–H and O–H groups in total. The normalized spacial score (nSPS) is 14.9. The van der Waals surface area contributed by atoms with Crippen molar-refractivity contribution in [2.45, 2.75) is 19.3 Å². The summed E-state index contributed by atoms with van der Waals surface area (Å²) in [5, 5.41) is 7.71. The summed E-state index contributed by atoms with van der Waals surface area (Å²) >= 11 is 0. The number of rotatable bonds is 7. The summed E-state index contributed by atoms with van der Waals surface area (Å²) in [6.07, 6.45) is 6.76. The van der Waals surface area contributed by atoms with Crippen molar-refractivity contribution in [1.29, 1.82) is 0 Å². The molecule has 11 aromatic carbocycles. The first-order valence-corrected chi connectivity index (χ1v) is 25.1. The van der Waals surface area contributed by atoms with E-state index in [1.165, 1.54) is 65.7 Å². The Morgan fingerprint density at radius 1 is 0.403 bits per heavy atom. The summed E-state index contributed by atoms with van der Waals surface area (Å²) in [5.41, 5.74) is 19.9. The summed E-state index contributed by atoms with van der Waals surface area (Å²) in [4.78, 5) is 4.80. The van der Waals surface area contributed by atoms with Crippen molar-refractivity contribution in [3.63, 3.8) is 0 Å². The molecule has 0 bridgehead atoms. The molecule has 0 fully saturated rings. The SMILES string of the molecule is C=C1/C=C(c2ccccc2)\C=C/CN(c2ccc(-c3ccc4c5ccccc5c5ccccc5c4c3)cc2)c2ccc(-c3ccc(N(c4ccccc4)c4ccc5c(c4)C(C)(C)c4ccccc4-5)cc3)cc21. The third-order valence-electron chi connectivity index (χ3n) is 15.2. The second kappa shape index (κ2) is 17.5. The maximum atomic E-state index is 4.77. The third-order valence-corrected chi connectivity index (χ3v) is 15.2. The van der Waals surface area contributed by atoms with Crippen LogP contribution in [0.25, 0.3) is 76.8 Å². The van der Waals surface area contributed by atoms with Gasteiger partial charge in [-0.1, -0.05) is 202 Å². The Kier molecular flexibility index (Phi) is 10.4. The van der Waals surface area contributed by atoms with Crippen molar-refractivity contribution >= 4 is 71.9 Å². The van der Waals surface area contributed by atoms with Gasteiger partial charge in [0.15, 0.2) is 0 Å². The molecule has 342 valence electrons. The van der Waals surface area contributed by atoms with Crippen LogP contribution in [0.2, 0.25) is 0 Å². The zero-order valence-electron chi connectivity index (χ0n) is 40.6. The highest BCUT2D eigenvalue weighted by Crippen LogP contribution is 2.51. The lowest BCUT2D eigenvalue weighted by Gasteiger charge is -2.28. The lowest BCUT2D eigenvalue weighted by Crippen LogP contribution is -2.18. The molecular formula is C70H52N2. The van der Waals surface area contributed by atoms with E-state index in [0.717, 1.165) is 61.8 Å². The van der Waals surface area contributed by atoms with E-state index in [1.807, 2.05) is 0 Å². The molecule has 2 heteroatoms. The zero-order valence-corrected chi connectivity index (χ0v) is 40.6. The molecule has 13 rings (SSSR count). The van der Waals surface area contributed by atoms with E-state index in [0.29, 0.717) is 6.54 Å². The number of fused-ring (bicyclic) bond motifs is 10. The van der Waals surface area contributed by atoms with E-state index < -0.39 is 0 Å². The highest BCUT2D eigenvalue weighted by molar-refractivity contribution is 6.25. The van der Waals surface area contributed by atoms with Crippen LogP contribution < -0.4 is 9.80 Å². The molecule has 2 aliphatic rings. The molecule has 2 nitrogen and oxygen atoms in total. The van der Waals surface area contributed by atoms with Gasteiger partial charge in [0.2, 0.25) is 0 Å². The maximum absolute atomic E-state index is 4.77. The molecule has 0 radical (unpaired) electrons. The first-order valence-electron chi connectivity index (χ1n) is 25.1. The largest absolute Gasteiger partial charge is 0.337 e. The van der Waals surface area contributed by atoms with Gasteiger partial charge in [-0.25, -0.2) is 0 Å². The van der Waals surface area contributed by atoms with Crippen LogP contribution >= 0.6 is 0 Å². The molecular weight excluding hydrogens is 869 g/mol. The van der Waals surface area contributed by atoms with Crippen LogP contribution in [-0.2, 0) is 5.41 Å². The monoisotopic (exact) mass is 920 g/mol. The van der Waals surface area contributed by atoms with Crippen LogP contribution in [0.3, 0.4) is 0 Å². The van der Waals surface area contributed by atoms with Gasteiger partial charge in [0.25, 0.3) is 0 Å². The molecule has 0 saturated heterocycles. The Hall–Kier alpha value is -8.98. The van der Waals surface area contributed by atoms with Crippen LogP contribution in [0.5, 0.6) is 0 Å². The van der Waals surface area contributed by atoms with Crippen molar-refractivity contribution in [2.24, 2.45) is 0 Å². The summed E-state index contributed by atoms with van der Waals surface area (Å²) < 4.78 is 0. The minimum absolute atomic E-state index is 0.0992. The maximum Gasteiger partial charge on any atom is 0.0493 e. The van der Waals surface area contributed by atoms with E-state index >= 15 is 0 Å². The van der Waals surface area contributed by atoms with Gasteiger partial charge < -0.3 is 9.80 Å². The van der Waals surface area contributed by atoms with Gasteiger partial charge in [0, 0.05) is 46.0 Å². The second-order valence-corrected chi connectivity index (χ2v) is 19.8. The predicted octanol–water partition coefficient (Wildman–Crippen LogP) is 19.1. The molecule has 0 saturated carbocycles. The van der Waals surface area contributed by atoms with Gasteiger partial charge >= 0.3 is 0 Å². The summed E-state index contributed by atoms with van der Waals surface area (Å²) in [5.74, 6) is 0. The van der Waals surface area contributed by atoms with Crippen LogP contribution in [0, 0.1) is 0 Å². The number of nitrogens with zero attached hydrogens (tertiary/aromatic N) is 2. The molecule has 1 aliphatic carbocycles. The van der Waals surface area contributed by atoms with Gasteiger partial charge in [0.1, 0.15) is 0 Å². The van der Waals surface area contributed by atoms with E-state index in [-0.39, 0.29) is 5.41 Å². The van der Waals surface area contributed by atoms with Gasteiger partial charge in [-0.05, 0) is 166 Å². The summed E-state index contributed by atoms with van der Waals surface area (Å²) in [6.45, 7) is 10.2. The first-order chi connectivity index (χ1) is 35.4. The fourth-order valence-corrected chi connectivity index (χ4v) is 11.5. The quantitative estimate of drug-likeness (QED) is 0.147. The summed E-state index contributed by atoms with van der Waals surface area (Å²) in [7, 11) is 0. The van der Waals surface area contributed by atoms with Crippen LogP contribution in [0.4, 0.5) is 28.4 Å². The smallest absolute Gasteiger partial charge is 0.0493 e. The Balaban J connectivity index is 0.865. The van der Waals surface area contributed by atoms with Gasteiger partial charge in [-0.2, -0.15) is 0 Å². The average Bonchev–Trinajstić information content (AvgIpc) is 3.70. The molecule has 0 spiro atoms. The Morgan fingerprint density at radius 2 is 0.931 bits per heavy atom. The average molecular weight is 921 g/mol. The number of hydrogen-bond acceptors (Lipinski definition) is 2. The van der Waals surface area contributed by atoms with Crippen molar-refractivity contribution in [2.75, 3.05) is 16.3 Å². The van der Waals surface area contributed by atoms with E-state index in [1.54, 1.807) is 0 Å². The van der Waals surface area contributed by atoms with Crippen molar-refractivity contribution in [1.82, 2.24) is 0 Å². The van der Waals surface area contributed by atoms with Gasteiger partial charge in [-0.15, -0.1) is 0 Å². The highest BCUT2D eigenvalue weighted by atomic mass is 15.1. The molecule has 0 aromatic heterocycles. The fourth-order valence-electron chi connectivity index (χ4n) is 11.5. The minimum atomic E-state index is -0.0992. The predicted molar refractivity (Wildman–Crippen MR) is 308 cm³/mol. The van der Waals surface area contributed by atoms with Crippen LogP contribution in [0.15, 0.2) is 261 Å². The van der Waals surface area contributed by atoms with Crippen molar-refractivity contribution in [3.05, 3.63) is 284 Å². The van der Waals surface area contributed by atoms with Crippen molar-refractivity contribution < 1.29 is 0 Å². The Labute approximate surface area is 422 Å². The Bertz CT molecular complexity index is 3940. The second-order valence-electron chi connectivity index (χ2n) is 19.8. The molecule has 0 amide bonds. The molecule has 11 aromatic rings. The number of anilines is 5. The molecule has 0 atom stereocenters. The topological polar surface area (TPSA) is 6.48 Å². The minimum Gasteiger partial charge on any atom is -0.337 e. The number of benzene rings is 11. The van der Waals surface area contributed by atoms with E-state index in [2.05, 4.69) is 278 Å². The Morgan fingerprint density at radius 3 is 1.64 bits per heavy atom. The summed E-state index contributed by atoms with van der Waals surface area (Å²) in [6, 6.07) is 86.7. The molecule has 1 heterocycles. The van der Waals surface area contributed by atoms with E-state index in [9.17, 15) is 0 Å². The third kappa shape index (κ3) is 7.34. The van der Waals surface area contributed by atoms with Gasteiger partial charge in [-0.3, -0.25) is 0 Å². The molecule has 72 heavy (non-hydrogen) atoms. The van der Waals surface area contributed by atoms with Gasteiger partial charge in [0.05, 0.1) is 0 Å². The molecule has 0 unspecified atom stereocenters. The van der Waals surface area contributed by atoms with Crippen molar-refractivity contribution in [3.8, 4) is 33.4 Å². The first kappa shape index (κ1) is 43.1. The zero-order chi connectivity index (χ0) is 48.3. The number of hydrogen-bond donors (Lipinski definition) is 0. The standard InChI is InChI=1S/C70H52N2/c1-47-43-51(48-17-6-4-7-18-48)19-16-42-71(54-34-28-49(29-35-54)52-32-39-62-60-24-11-10-22-58(60)59-23-12-13-25-61(59)66(62)45-52)69-41-33-53(44-65(47)69)50-30-36-56(37-31-50)72(55-20-8-5-9-21-55)57-38-40-64-63-26-14-15-27-67(63)70(2,3)68(64)46-57/h4-41,43-46H,1,42H2,2-3H3/b19-16-,51-43+. The number of allylic oxidation sites excluding steroid dienone is 4. The van der Waals surface area contributed by atoms with Crippen LogP contribution in [0.1, 0.15) is 36.1 Å². The highest BCUT2D eigenvalue weighted by Gasteiger charge is 2.35. The van der Waals surface area contributed by atoms with E-state index in [4.69, 9.17) is 6.58 Å². The lowest BCUT2D eigenvalue weighted by molar-refractivity contribution is 0.660.